The summed E-state index contributed by atoms with van der Waals surface area (Å²) in [4.78, 5) is 25.8. The highest BCUT2D eigenvalue weighted by atomic mass is 19.1. The molecule has 108 valence electrons. The van der Waals surface area contributed by atoms with E-state index in [0.29, 0.717) is 0 Å². The van der Waals surface area contributed by atoms with E-state index < -0.39 is 17.7 Å². The van der Waals surface area contributed by atoms with E-state index in [1.54, 1.807) is 6.07 Å². The number of para-hydroxylation sites is 1. The molecule has 0 aliphatic carbocycles. The molecule has 0 unspecified atom stereocenters. The molecule has 0 aliphatic heterocycles. The summed E-state index contributed by atoms with van der Waals surface area (Å²) in [6.45, 7) is -0.345. The summed E-state index contributed by atoms with van der Waals surface area (Å²) < 4.78 is 18.4. The van der Waals surface area contributed by atoms with Crippen molar-refractivity contribution in [3.63, 3.8) is 0 Å². The maximum Gasteiger partial charge on any atom is 0.354 e. The first kappa shape index (κ1) is 14.4. The monoisotopic (exact) mass is 290 g/mol. The minimum absolute atomic E-state index is 0.0606. The van der Waals surface area contributed by atoms with Crippen molar-refractivity contribution in [2.24, 2.45) is 0 Å². The van der Waals surface area contributed by atoms with Crippen LogP contribution in [0.1, 0.15) is 10.5 Å². The first-order valence-electron chi connectivity index (χ1n) is 5.93. The van der Waals surface area contributed by atoms with Crippen LogP contribution in [0.3, 0.4) is 0 Å². The Balaban J connectivity index is 1.89. The minimum atomic E-state index is -1.15. The molecule has 6 nitrogen and oxygen atoms in total. The number of nitrogens with one attached hydrogen (secondary N) is 1. The number of ether oxygens (including phenoxy) is 1. The second-order valence-electron chi connectivity index (χ2n) is 4.00. The Hall–Kier alpha value is -2.96. The molecule has 0 saturated carbocycles. The third-order valence-electron chi connectivity index (χ3n) is 2.47. The van der Waals surface area contributed by atoms with Gasteiger partial charge in [0.1, 0.15) is 17.3 Å². The fraction of sp³-hybridized carbons (Fsp3) is 0.0714. The van der Waals surface area contributed by atoms with Gasteiger partial charge in [-0.15, -0.1) is 0 Å². The van der Waals surface area contributed by atoms with Crippen LogP contribution in [0.15, 0.2) is 42.6 Å². The molecule has 0 aliphatic rings. The number of rotatable bonds is 5. The predicted molar refractivity (Wildman–Crippen MR) is 71.7 cm³/mol. The number of hydrogen-bond donors (Lipinski definition) is 2. The van der Waals surface area contributed by atoms with Crippen LogP contribution in [0.25, 0.3) is 0 Å². The topological polar surface area (TPSA) is 88.5 Å². The molecule has 2 rings (SSSR count). The Morgan fingerprint density at radius 2 is 2.00 bits per heavy atom. The third-order valence-corrected chi connectivity index (χ3v) is 2.47. The number of carboxylic acid groups (broad SMARTS) is 1. The summed E-state index contributed by atoms with van der Waals surface area (Å²) >= 11 is 0. The lowest BCUT2D eigenvalue weighted by Gasteiger charge is -2.08. The molecular weight excluding hydrogens is 279 g/mol. The van der Waals surface area contributed by atoms with E-state index in [-0.39, 0.29) is 23.7 Å². The molecule has 1 amide bonds. The summed E-state index contributed by atoms with van der Waals surface area (Å²) in [6, 6.07) is 8.39. The number of aromatic carboxylic acids is 1. The van der Waals surface area contributed by atoms with Gasteiger partial charge in [-0.2, -0.15) is 0 Å². The zero-order valence-corrected chi connectivity index (χ0v) is 10.7. The number of nitrogens with zero attached hydrogens (tertiary/aromatic N) is 1. The van der Waals surface area contributed by atoms with E-state index in [0.717, 1.165) is 0 Å². The molecule has 2 aromatic rings. The van der Waals surface area contributed by atoms with Crippen molar-refractivity contribution in [3.8, 4) is 5.75 Å². The molecule has 21 heavy (non-hydrogen) atoms. The average Bonchev–Trinajstić information content (AvgIpc) is 2.48. The Bertz CT molecular complexity index is 658. The fourth-order valence-corrected chi connectivity index (χ4v) is 1.49. The predicted octanol–water partition coefficient (Wildman–Crippen LogP) is 1.94. The summed E-state index contributed by atoms with van der Waals surface area (Å²) in [5, 5.41) is 11.0. The number of pyridine rings is 1. The fourth-order valence-electron chi connectivity index (χ4n) is 1.49. The molecule has 1 heterocycles. The van der Waals surface area contributed by atoms with Crippen molar-refractivity contribution in [3.05, 3.63) is 54.1 Å². The van der Waals surface area contributed by atoms with E-state index in [1.807, 2.05) is 0 Å². The number of hydrogen-bond acceptors (Lipinski definition) is 4. The third kappa shape index (κ3) is 4.00. The van der Waals surface area contributed by atoms with Crippen LogP contribution in [0.4, 0.5) is 10.1 Å². The molecule has 0 fully saturated rings. The quantitative estimate of drug-likeness (QED) is 0.878. The lowest BCUT2D eigenvalue weighted by Crippen LogP contribution is -2.20. The molecule has 0 spiro atoms. The lowest BCUT2D eigenvalue weighted by molar-refractivity contribution is -0.118. The average molecular weight is 290 g/mol. The number of amides is 1. The zero-order chi connectivity index (χ0) is 15.2. The van der Waals surface area contributed by atoms with Gasteiger partial charge >= 0.3 is 5.97 Å². The van der Waals surface area contributed by atoms with Crippen molar-refractivity contribution in [1.29, 1.82) is 0 Å². The Morgan fingerprint density at radius 1 is 1.24 bits per heavy atom. The van der Waals surface area contributed by atoms with Gasteiger partial charge in [-0.25, -0.2) is 14.2 Å². The number of carboxylic acids is 1. The first-order valence-corrected chi connectivity index (χ1v) is 5.93. The SMILES string of the molecule is O=C(COc1ccc(C(=O)O)nc1)Nc1ccccc1F. The van der Waals surface area contributed by atoms with E-state index >= 15 is 0 Å². The molecule has 1 aromatic carbocycles. The van der Waals surface area contributed by atoms with Crippen molar-refractivity contribution in [2.45, 2.75) is 0 Å². The van der Waals surface area contributed by atoms with Crippen molar-refractivity contribution in [1.82, 2.24) is 4.98 Å². The summed E-state index contributed by atoms with van der Waals surface area (Å²) in [7, 11) is 0. The number of carbonyl (C=O) groups excluding carboxylic acids is 1. The molecule has 0 atom stereocenters. The highest BCUT2D eigenvalue weighted by Gasteiger charge is 2.08. The van der Waals surface area contributed by atoms with Gasteiger partial charge in [0.15, 0.2) is 6.61 Å². The normalized spacial score (nSPS) is 9.95. The van der Waals surface area contributed by atoms with Gasteiger partial charge in [-0.05, 0) is 24.3 Å². The number of halogens is 1. The smallest absolute Gasteiger partial charge is 0.354 e. The minimum Gasteiger partial charge on any atom is -0.482 e. The van der Waals surface area contributed by atoms with Gasteiger partial charge in [0.05, 0.1) is 11.9 Å². The van der Waals surface area contributed by atoms with Crippen LogP contribution in [-0.4, -0.2) is 28.6 Å². The maximum atomic E-state index is 13.3. The number of benzene rings is 1. The van der Waals surface area contributed by atoms with Crippen LogP contribution in [-0.2, 0) is 4.79 Å². The van der Waals surface area contributed by atoms with Crippen LogP contribution in [0.2, 0.25) is 0 Å². The summed E-state index contributed by atoms with van der Waals surface area (Å²) in [5.41, 5.74) is -0.0661. The Morgan fingerprint density at radius 3 is 2.62 bits per heavy atom. The molecule has 0 bridgehead atoms. The zero-order valence-electron chi connectivity index (χ0n) is 10.7. The standard InChI is InChI=1S/C14H11FN2O4/c15-10-3-1-2-4-11(10)17-13(18)8-21-9-5-6-12(14(19)20)16-7-9/h1-7H,8H2,(H,17,18)(H,19,20). The number of aromatic nitrogens is 1. The molecule has 0 saturated heterocycles. The summed E-state index contributed by atoms with van der Waals surface area (Å²) in [5.74, 6) is -2.00. The maximum absolute atomic E-state index is 13.3. The van der Waals surface area contributed by atoms with Crippen LogP contribution < -0.4 is 10.1 Å². The Kier molecular flexibility index (Phi) is 4.45. The molecule has 2 N–H and O–H groups in total. The van der Waals surface area contributed by atoms with E-state index in [1.165, 1.54) is 36.5 Å². The largest absolute Gasteiger partial charge is 0.482 e. The molecule has 7 heteroatoms. The highest BCUT2D eigenvalue weighted by molar-refractivity contribution is 5.92. The van der Waals surface area contributed by atoms with Gasteiger partial charge in [0.2, 0.25) is 0 Å². The van der Waals surface area contributed by atoms with E-state index in [2.05, 4.69) is 10.3 Å². The number of carbonyl (C=O) groups is 2. The first-order chi connectivity index (χ1) is 10.1. The molecule has 0 radical (unpaired) electrons. The van der Waals surface area contributed by atoms with E-state index in [9.17, 15) is 14.0 Å². The Labute approximate surface area is 119 Å². The van der Waals surface area contributed by atoms with Crippen molar-refractivity contribution < 1.29 is 23.8 Å². The van der Waals surface area contributed by atoms with E-state index in [4.69, 9.17) is 9.84 Å². The van der Waals surface area contributed by atoms with Crippen LogP contribution >= 0.6 is 0 Å². The second kappa shape index (κ2) is 6.47. The van der Waals surface area contributed by atoms with Crippen LogP contribution in [0.5, 0.6) is 5.75 Å². The van der Waals surface area contributed by atoms with Crippen molar-refractivity contribution >= 4 is 17.6 Å². The molecule has 1 aromatic heterocycles. The second-order valence-corrected chi connectivity index (χ2v) is 4.00. The van der Waals surface area contributed by atoms with Gasteiger partial charge in [0.25, 0.3) is 5.91 Å². The molecular formula is C14H11FN2O4. The van der Waals surface area contributed by atoms with Gasteiger partial charge in [-0.3, -0.25) is 4.79 Å². The summed E-state index contributed by atoms with van der Waals surface area (Å²) in [6.07, 6.45) is 1.19. The number of anilines is 1. The van der Waals surface area contributed by atoms with Crippen LogP contribution in [0, 0.1) is 5.82 Å². The lowest BCUT2D eigenvalue weighted by atomic mass is 10.3. The van der Waals surface area contributed by atoms with Gasteiger partial charge < -0.3 is 15.2 Å². The highest BCUT2D eigenvalue weighted by Crippen LogP contribution is 2.13. The van der Waals surface area contributed by atoms with Gasteiger partial charge in [0, 0.05) is 0 Å². The van der Waals surface area contributed by atoms with Crippen molar-refractivity contribution in [2.75, 3.05) is 11.9 Å². The van der Waals surface area contributed by atoms with Gasteiger partial charge in [-0.1, -0.05) is 12.1 Å².